The highest BCUT2D eigenvalue weighted by molar-refractivity contribution is 5.52. The lowest BCUT2D eigenvalue weighted by Crippen LogP contribution is -2.55. The van der Waals surface area contributed by atoms with Gasteiger partial charge in [-0.2, -0.15) is 15.3 Å². The zero-order chi connectivity index (χ0) is 19.8. The third-order valence-corrected chi connectivity index (χ3v) is 5.84. The Kier molecular flexibility index (Phi) is 3.29. The summed E-state index contributed by atoms with van der Waals surface area (Å²) in [4.78, 5) is 0. The van der Waals surface area contributed by atoms with Crippen LogP contribution < -0.4 is 4.74 Å². The molecule has 2 aromatic carbocycles. The van der Waals surface area contributed by atoms with E-state index in [-0.39, 0.29) is 5.92 Å². The van der Waals surface area contributed by atoms with E-state index in [0.29, 0.717) is 5.75 Å². The molecule has 0 amide bonds. The van der Waals surface area contributed by atoms with Crippen LogP contribution in [0.3, 0.4) is 0 Å². The average Bonchev–Trinajstić information content (AvgIpc) is 3.20. The van der Waals surface area contributed by atoms with E-state index < -0.39 is 22.7 Å². The monoisotopic (exact) mass is 376 g/mol. The Bertz CT molecular complexity index is 1010. The number of rotatable bonds is 1. The van der Waals surface area contributed by atoms with E-state index in [1.54, 1.807) is 0 Å². The van der Waals surface area contributed by atoms with Crippen molar-refractivity contribution in [2.75, 3.05) is 0 Å². The minimum atomic E-state index is -1.37. The third-order valence-electron chi connectivity index (χ3n) is 5.84. The zero-order valence-electron chi connectivity index (χ0n) is 16.8. The summed E-state index contributed by atoms with van der Waals surface area (Å²) in [5, 5.41) is 18.5. The van der Waals surface area contributed by atoms with Crippen LogP contribution in [0.25, 0.3) is 0 Å². The first kappa shape index (κ1) is 17.5. The maximum Gasteiger partial charge on any atom is 0.365 e. The van der Waals surface area contributed by atoms with Crippen molar-refractivity contribution in [1.29, 1.82) is 0 Å². The Morgan fingerprint density at radius 1 is 0.821 bits per heavy atom. The van der Waals surface area contributed by atoms with Gasteiger partial charge in [-0.3, -0.25) is 4.74 Å². The Hall–Kier alpha value is -2.60. The lowest BCUT2D eigenvalue weighted by Gasteiger charge is -2.40. The summed E-state index contributed by atoms with van der Waals surface area (Å²) in [5.74, 6) is -0.780. The summed E-state index contributed by atoms with van der Waals surface area (Å²) < 4.78 is 12.7. The molecule has 2 spiro atoms. The zero-order valence-corrected chi connectivity index (χ0v) is 16.8. The molecule has 3 heterocycles. The predicted molar refractivity (Wildman–Crippen MR) is 104 cm³/mol. The van der Waals surface area contributed by atoms with Crippen LogP contribution in [0.1, 0.15) is 50.3 Å². The van der Waals surface area contributed by atoms with Gasteiger partial charge in [0.15, 0.2) is 5.72 Å². The van der Waals surface area contributed by atoms with Crippen molar-refractivity contribution >= 4 is 0 Å². The molecule has 28 heavy (non-hydrogen) atoms. The molecular weight excluding hydrogens is 352 g/mol. The standard InChI is InChI=1S/C22H24N4O2/c1-14-10-12-15(13-11-14)18-19(2,3)23-25-21(18)16-8-6-7-9-17(16)27-22(21)26-24-20(4,5)28-22/h6-13,18H,1-5H3. The molecule has 3 aliphatic heterocycles. The van der Waals surface area contributed by atoms with E-state index in [2.05, 4.69) is 55.3 Å². The summed E-state index contributed by atoms with van der Waals surface area (Å²) in [6.45, 7) is 10.0. The van der Waals surface area contributed by atoms with E-state index in [0.717, 1.165) is 11.1 Å². The van der Waals surface area contributed by atoms with E-state index in [1.165, 1.54) is 5.56 Å². The fourth-order valence-electron chi connectivity index (χ4n) is 4.73. The van der Waals surface area contributed by atoms with Gasteiger partial charge in [-0.15, -0.1) is 5.11 Å². The van der Waals surface area contributed by atoms with Gasteiger partial charge >= 0.3 is 5.91 Å². The highest BCUT2D eigenvalue weighted by atomic mass is 16.8. The molecule has 5 rings (SSSR count). The van der Waals surface area contributed by atoms with Crippen LogP contribution >= 0.6 is 0 Å². The first-order valence-corrected chi connectivity index (χ1v) is 9.63. The van der Waals surface area contributed by atoms with Gasteiger partial charge in [0.1, 0.15) is 5.75 Å². The van der Waals surface area contributed by atoms with Crippen molar-refractivity contribution in [3.63, 3.8) is 0 Å². The lowest BCUT2D eigenvalue weighted by molar-refractivity contribution is -0.234. The molecular formula is C22H24N4O2. The molecule has 0 saturated carbocycles. The number of hydrogen-bond donors (Lipinski definition) is 0. The number of fused-ring (bicyclic) bond motifs is 3. The predicted octanol–water partition coefficient (Wildman–Crippen LogP) is 5.48. The molecule has 0 bridgehead atoms. The van der Waals surface area contributed by atoms with Crippen LogP contribution in [0.2, 0.25) is 0 Å². The molecule has 0 aromatic heterocycles. The number of ether oxygens (including phenoxy) is 2. The summed E-state index contributed by atoms with van der Waals surface area (Å²) in [6.07, 6.45) is 0. The maximum absolute atomic E-state index is 6.38. The SMILES string of the molecule is Cc1ccc(C2C(C)(C)N=NC23c2ccccc2OC32N=NC(C)(C)O2)cc1. The molecule has 0 N–H and O–H groups in total. The van der Waals surface area contributed by atoms with Crippen molar-refractivity contribution in [3.05, 3.63) is 65.2 Å². The molecule has 0 aliphatic carbocycles. The molecule has 3 unspecified atom stereocenters. The fourth-order valence-corrected chi connectivity index (χ4v) is 4.73. The van der Waals surface area contributed by atoms with Crippen LogP contribution in [0.15, 0.2) is 69.0 Å². The second kappa shape index (κ2) is 5.26. The average molecular weight is 376 g/mol. The molecule has 3 aliphatic rings. The minimum absolute atomic E-state index is 0.128. The van der Waals surface area contributed by atoms with Crippen molar-refractivity contribution in [3.8, 4) is 5.75 Å². The highest BCUT2D eigenvalue weighted by Gasteiger charge is 2.75. The quantitative estimate of drug-likeness (QED) is 0.661. The molecule has 6 nitrogen and oxygen atoms in total. The maximum atomic E-state index is 6.38. The summed E-state index contributed by atoms with van der Waals surface area (Å²) in [5.41, 5.74) is 1.07. The fraction of sp³-hybridized carbons (Fsp3) is 0.455. The van der Waals surface area contributed by atoms with Gasteiger partial charge in [-0.25, -0.2) is 0 Å². The van der Waals surface area contributed by atoms with Gasteiger partial charge in [-0.1, -0.05) is 48.0 Å². The number of hydrogen-bond acceptors (Lipinski definition) is 6. The molecule has 0 radical (unpaired) electrons. The van der Waals surface area contributed by atoms with Crippen molar-refractivity contribution in [2.45, 2.75) is 63.3 Å². The van der Waals surface area contributed by atoms with E-state index in [1.807, 2.05) is 38.1 Å². The first-order valence-electron chi connectivity index (χ1n) is 9.63. The molecule has 144 valence electrons. The van der Waals surface area contributed by atoms with Crippen molar-refractivity contribution in [2.24, 2.45) is 20.5 Å². The second-order valence-corrected chi connectivity index (χ2v) is 8.89. The van der Waals surface area contributed by atoms with Gasteiger partial charge in [0, 0.05) is 5.56 Å². The minimum Gasteiger partial charge on any atom is -0.439 e. The second-order valence-electron chi connectivity index (χ2n) is 8.89. The van der Waals surface area contributed by atoms with Crippen LogP contribution in [-0.4, -0.2) is 17.2 Å². The molecule has 6 heteroatoms. The Labute approximate surface area is 164 Å². The summed E-state index contributed by atoms with van der Waals surface area (Å²) >= 11 is 0. The Morgan fingerprint density at radius 2 is 1.54 bits per heavy atom. The first-order chi connectivity index (χ1) is 13.2. The molecule has 2 aromatic rings. The lowest BCUT2D eigenvalue weighted by atomic mass is 9.66. The summed E-state index contributed by atoms with van der Waals surface area (Å²) in [6, 6.07) is 16.4. The van der Waals surface area contributed by atoms with Crippen LogP contribution in [0.5, 0.6) is 5.75 Å². The van der Waals surface area contributed by atoms with Crippen molar-refractivity contribution < 1.29 is 9.47 Å². The Morgan fingerprint density at radius 3 is 2.21 bits per heavy atom. The van der Waals surface area contributed by atoms with Gasteiger partial charge in [0.2, 0.25) is 5.54 Å². The topological polar surface area (TPSA) is 67.9 Å². The number of nitrogens with zero attached hydrogens (tertiary/aromatic N) is 4. The largest absolute Gasteiger partial charge is 0.439 e. The normalized spacial score (nSPS) is 33.5. The van der Waals surface area contributed by atoms with Gasteiger partial charge < -0.3 is 4.74 Å². The van der Waals surface area contributed by atoms with Crippen LogP contribution in [0, 0.1) is 6.92 Å². The smallest absolute Gasteiger partial charge is 0.365 e. The highest BCUT2D eigenvalue weighted by Crippen LogP contribution is 2.66. The number of para-hydroxylation sites is 1. The van der Waals surface area contributed by atoms with Crippen LogP contribution in [0.4, 0.5) is 0 Å². The van der Waals surface area contributed by atoms with E-state index >= 15 is 0 Å². The number of aryl methyl sites for hydroxylation is 1. The molecule has 0 saturated heterocycles. The van der Waals surface area contributed by atoms with Gasteiger partial charge in [-0.05, 0) is 46.2 Å². The van der Waals surface area contributed by atoms with E-state index in [4.69, 9.17) is 19.7 Å². The van der Waals surface area contributed by atoms with Gasteiger partial charge in [0.05, 0.1) is 11.5 Å². The summed E-state index contributed by atoms with van der Waals surface area (Å²) in [7, 11) is 0. The number of azo groups is 2. The molecule has 0 fully saturated rings. The Balaban J connectivity index is 1.79. The third kappa shape index (κ3) is 2.12. The van der Waals surface area contributed by atoms with E-state index in [9.17, 15) is 0 Å². The van der Waals surface area contributed by atoms with Crippen LogP contribution in [-0.2, 0) is 10.3 Å². The van der Waals surface area contributed by atoms with Gasteiger partial charge in [0.25, 0.3) is 0 Å². The number of benzene rings is 2. The molecule has 3 atom stereocenters. The van der Waals surface area contributed by atoms with Crippen molar-refractivity contribution in [1.82, 2.24) is 0 Å².